The second-order valence-corrected chi connectivity index (χ2v) is 6.63. The Morgan fingerprint density at radius 3 is 2.86 bits per heavy atom. The summed E-state index contributed by atoms with van der Waals surface area (Å²) in [7, 11) is 1.82. The average molecular weight is 316 g/mol. The highest BCUT2D eigenvalue weighted by atomic mass is 32.1. The first-order valence-corrected chi connectivity index (χ1v) is 8.37. The van der Waals surface area contributed by atoms with Crippen molar-refractivity contribution < 1.29 is 4.79 Å². The van der Waals surface area contributed by atoms with Crippen LogP contribution in [-0.2, 0) is 0 Å². The highest BCUT2D eigenvalue weighted by molar-refractivity contribution is 7.09. The average Bonchev–Trinajstić information content (AvgIpc) is 3.25. The number of nitrogens with zero attached hydrogens (tertiary/aromatic N) is 3. The van der Waals surface area contributed by atoms with Gasteiger partial charge in [-0.25, -0.2) is 9.78 Å². The number of nitrogens with one attached hydrogen (secondary N) is 1. The smallest absolute Gasteiger partial charge is 0.318 e. The van der Waals surface area contributed by atoms with Crippen molar-refractivity contribution in [2.45, 2.75) is 31.8 Å². The predicted octanol–water partition coefficient (Wildman–Crippen LogP) is 3.39. The van der Waals surface area contributed by atoms with E-state index < -0.39 is 0 Å². The normalized spacial score (nSPS) is 16.8. The molecule has 1 N–H and O–H groups in total. The quantitative estimate of drug-likeness (QED) is 0.920. The maximum absolute atomic E-state index is 12.6. The Morgan fingerprint density at radius 2 is 2.27 bits per heavy atom. The van der Waals surface area contributed by atoms with E-state index >= 15 is 0 Å². The lowest BCUT2D eigenvalue weighted by molar-refractivity contribution is 0.188. The van der Waals surface area contributed by atoms with Crippen LogP contribution in [0.25, 0.3) is 0 Å². The molecule has 1 aliphatic carbocycles. The summed E-state index contributed by atoms with van der Waals surface area (Å²) >= 11 is 1.60. The Bertz CT molecular complexity index is 612. The van der Waals surface area contributed by atoms with Gasteiger partial charge in [0.25, 0.3) is 0 Å². The summed E-state index contributed by atoms with van der Waals surface area (Å²) in [5.41, 5.74) is 1.03. The number of carbonyl (C=O) groups is 1. The minimum absolute atomic E-state index is 0.0233. The second kappa shape index (κ2) is 6.44. The van der Waals surface area contributed by atoms with Crippen LogP contribution in [0.15, 0.2) is 36.1 Å². The highest BCUT2D eigenvalue weighted by Gasteiger charge is 2.35. The molecule has 0 radical (unpaired) electrons. The zero-order valence-electron chi connectivity index (χ0n) is 12.8. The molecule has 2 aromatic heterocycles. The zero-order chi connectivity index (χ0) is 15.5. The van der Waals surface area contributed by atoms with Crippen molar-refractivity contribution in [3.8, 4) is 0 Å². The molecular weight excluding hydrogens is 296 g/mol. The van der Waals surface area contributed by atoms with Crippen LogP contribution in [0, 0.1) is 5.92 Å². The largest absolute Gasteiger partial charge is 0.328 e. The number of rotatable bonds is 5. The van der Waals surface area contributed by atoms with Gasteiger partial charge in [0.2, 0.25) is 0 Å². The van der Waals surface area contributed by atoms with Gasteiger partial charge in [0, 0.05) is 31.0 Å². The molecular formula is C16H20N4OS. The molecule has 0 saturated heterocycles. The molecule has 2 atom stereocenters. The van der Waals surface area contributed by atoms with Crippen LogP contribution in [0.4, 0.5) is 4.79 Å². The number of pyridine rings is 1. The van der Waals surface area contributed by atoms with Crippen LogP contribution in [0.5, 0.6) is 0 Å². The predicted molar refractivity (Wildman–Crippen MR) is 86.5 cm³/mol. The zero-order valence-corrected chi connectivity index (χ0v) is 13.6. The van der Waals surface area contributed by atoms with Gasteiger partial charge in [-0.2, -0.15) is 0 Å². The molecule has 5 nitrogen and oxygen atoms in total. The topological polar surface area (TPSA) is 58.1 Å². The van der Waals surface area contributed by atoms with Crippen LogP contribution in [0.3, 0.4) is 0 Å². The van der Waals surface area contributed by atoms with Crippen molar-refractivity contribution in [1.82, 2.24) is 20.2 Å². The van der Waals surface area contributed by atoms with Crippen LogP contribution >= 0.6 is 11.3 Å². The van der Waals surface area contributed by atoms with Gasteiger partial charge in [0.05, 0.1) is 12.1 Å². The van der Waals surface area contributed by atoms with Gasteiger partial charge >= 0.3 is 6.03 Å². The lowest BCUT2D eigenvalue weighted by Gasteiger charge is -2.27. The standard InChI is InChI=1S/C16H20N4OS/c1-11(13-4-3-7-17-10-13)20(2)16(21)19-14(12-5-6-12)15-18-8-9-22-15/h3-4,7-12,14H,5-6H2,1-2H3,(H,19,21)/t11-,14-/m0/s1. The number of urea groups is 1. The molecule has 6 heteroatoms. The Balaban J connectivity index is 1.67. The molecule has 1 fully saturated rings. The van der Waals surface area contributed by atoms with E-state index in [4.69, 9.17) is 0 Å². The third-order valence-electron chi connectivity index (χ3n) is 4.16. The maximum Gasteiger partial charge on any atom is 0.318 e. The van der Waals surface area contributed by atoms with Crippen molar-refractivity contribution >= 4 is 17.4 Å². The van der Waals surface area contributed by atoms with Crippen LogP contribution in [0.2, 0.25) is 0 Å². The van der Waals surface area contributed by atoms with Crippen molar-refractivity contribution in [2.24, 2.45) is 5.92 Å². The van der Waals surface area contributed by atoms with Crippen LogP contribution in [0.1, 0.15) is 42.4 Å². The molecule has 0 aromatic carbocycles. The van der Waals surface area contributed by atoms with E-state index in [1.165, 1.54) is 0 Å². The maximum atomic E-state index is 12.6. The number of thiazole rings is 1. The summed E-state index contributed by atoms with van der Waals surface area (Å²) in [5, 5.41) is 6.10. The van der Waals surface area contributed by atoms with E-state index in [2.05, 4.69) is 15.3 Å². The SMILES string of the molecule is C[C@@H](c1cccnc1)N(C)C(=O)N[C@H](c1nccs1)C1CC1. The Hall–Kier alpha value is -1.95. The van der Waals surface area contributed by atoms with Gasteiger partial charge in [0.1, 0.15) is 5.01 Å². The van der Waals surface area contributed by atoms with E-state index in [9.17, 15) is 4.79 Å². The number of hydrogen-bond acceptors (Lipinski definition) is 4. The lowest BCUT2D eigenvalue weighted by Crippen LogP contribution is -2.41. The van der Waals surface area contributed by atoms with Crippen molar-refractivity contribution in [3.05, 3.63) is 46.7 Å². The van der Waals surface area contributed by atoms with Crippen molar-refractivity contribution in [1.29, 1.82) is 0 Å². The van der Waals surface area contributed by atoms with Gasteiger partial charge in [0.15, 0.2) is 0 Å². The van der Waals surface area contributed by atoms with Crippen molar-refractivity contribution in [2.75, 3.05) is 7.05 Å². The fraction of sp³-hybridized carbons (Fsp3) is 0.438. The summed E-state index contributed by atoms with van der Waals surface area (Å²) < 4.78 is 0. The third kappa shape index (κ3) is 3.27. The van der Waals surface area contributed by atoms with Gasteiger partial charge in [-0.3, -0.25) is 4.98 Å². The first-order valence-electron chi connectivity index (χ1n) is 7.49. The summed E-state index contributed by atoms with van der Waals surface area (Å²) in [6, 6.07) is 3.82. The molecule has 0 unspecified atom stereocenters. The molecule has 1 saturated carbocycles. The summed E-state index contributed by atoms with van der Waals surface area (Å²) in [5.74, 6) is 0.525. The molecule has 0 bridgehead atoms. The van der Waals surface area contributed by atoms with Crippen LogP contribution < -0.4 is 5.32 Å². The fourth-order valence-electron chi connectivity index (χ4n) is 2.46. The van der Waals surface area contributed by atoms with E-state index in [1.54, 1.807) is 34.8 Å². The Kier molecular flexibility index (Phi) is 4.38. The monoisotopic (exact) mass is 316 g/mol. The first-order chi connectivity index (χ1) is 10.7. The van der Waals surface area contributed by atoms with E-state index in [1.807, 2.05) is 31.5 Å². The minimum Gasteiger partial charge on any atom is -0.328 e. The Labute approximate surface area is 134 Å². The highest BCUT2D eigenvalue weighted by Crippen LogP contribution is 2.41. The second-order valence-electron chi connectivity index (χ2n) is 5.71. The minimum atomic E-state index is -0.0662. The molecule has 2 aromatic rings. The number of amides is 2. The van der Waals surface area contributed by atoms with E-state index in [0.29, 0.717) is 5.92 Å². The molecule has 2 heterocycles. The van der Waals surface area contributed by atoms with E-state index in [-0.39, 0.29) is 18.1 Å². The number of aromatic nitrogens is 2. The third-order valence-corrected chi connectivity index (χ3v) is 5.02. The molecule has 0 spiro atoms. The van der Waals surface area contributed by atoms with Gasteiger partial charge in [-0.1, -0.05) is 6.07 Å². The van der Waals surface area contributed by atoms with Crippen molar-refractivity contribution in [3.63, 3.8) is 0 Å². The molecule has 1 aliphatic rings. The Morgan fingerprint density at radius 1 is 1.45 bits per heavy atom. The van der Waals surface area contributed by atoms with Gasteiger partial charge in [-0.05, 0) is 37.3 Å². The summed E-state index contributed by atoms with van der Waals surface area (Å²) in [6.45, 7) is 2.01. The lowest BCUT2D eigenvalue weighted by atomic mass is 10.1. The molecule has 22 heavy (non-hydrogen) atoms. The number of hydrogen-bond donors (Lipinski definition) is 1. The summed E-state index contributed by atoms with van der Waals surface area (Å²) in [6.07, 6.45) is 7.65. The molecule has 116 valence electrons. The molecule has 3 rings (SSSR count). The van der Waals surface area contributed by atoms with Crippen LogP contribution in [-0.4, -0.2) is 27.9 Å². The van der Waals surface area contributed by atoms with E-state index in [0.717, 1.165) is 23.4 Å². The summed E-state index contributed by atoms with van der Waals surface area (Å²) in [4.78, 5) is 22.8. The van der Waals surface area contributed by atoms with Gasteiger partial charge < -0.3 is 10.2 Å². The number of carbonyl (C=O) groups excluding carboxylic acids is 1. The first kappa shape index (κ1) is 15.0. The van der Waals surface area contributed by atoms with Gasteiger partial charge in [-0.15, -0.1) is 11.3 Å². The fourth-order valence-corrected chi connectivity index (χ4v) is 3.24. The molecule has 2 amide bonds. The molecule has 0 aliphatic heterocycles.